The highest BCUT2D eigenvalue weighted by Crippen LogP contribution is 2.29. The number of hydrogen-bond acceptors (Lipinski definition) is 5. The van der Waals surface area contributed by atoms with E-state index >= 15 is 0 Å². The molecule has 0 aliphatic rings. The zero-order valence-electron chi connectivity index (χ0n) is 24.7. The molecule has 0 aliphatic carbocycles. The number of benzene rings is 2. The molecule has 1 atom stereocenters. The number of halogens is 1. The molecule has 6 nitrogen and oxygen atoms in total. The number of nitrogens with one attached hydrogen (secondary N) is 2. The first-order valence-electron chi connectivity index (χ1n) is 13.6. The summed E-state index contributed by atoms with van der Waals surface area (Å²) in [5.74, 6) is 2.07. The van der Waals surface area contributed by atoms with Crippen molar-refractivity contribution in [3.8, 4) is 5.75 Å². The van der Waals surface area contributed by atoms with Gasteiger partial charge in [0.1, 0.15) is 5.75 Å². The summed E-state index contributed by atoms with van der Waals surface area (Å²) >= 11 is 7.57. The van der Waals surface area contributed by atoms with Gasteiger partial charge in [-0.05, 0) is 88.6 Å². The van der Waals surface area contributed by atoms with Crippen molar-refractivity contribution in [2.24, 2.45) is 11.3 Å². The van der Waals surface area contributed by atoms with Crippen LogP contribution in [0.15, 0.2) is 60.2 Å². The maximum absolute atomic E-state index is 12.7. The lowest BCUT2D eigenvalue weighted by atomic mass is 9.80. The number of amides is 2. The van der Waals surface area contributed by atoms with Crippen LogP contribution in [-0.4, -0.2) is 47.8 Å². The molecular formula is C32H43ClN2O4S. The van der Waals surface area contributed by atoms with Crippen molar-refractivity contribution in [2.75, 3.05) is 24.6 Å². The van der Waals surface area contributed by atoms with Crippen LogP contribution in [0.3, 0.4) is 0 Å². The van der Waals surface area contributed by atoms with Crippen LogP contribution in [0.4, 0.5) is 0 Å². The van der Waals surface area contributed by atoms with Gasteiger partial charge in [0, 0.05) is 46.2 Å². The van der Waals surface area contributed by atoms with E-state index in [0.29, 0.717) is 40.9 Å². The molecule has 1 unspecified atom stereocenters. The molecule has 218 valence electrons. The number of thioether (sulfide) groups is 1. The molecule has 2 amide bonds. The molecular weight excluding hydrogens is 544 g/mol. The van der Waals surface area contributed by atoms with E-state index in [0.717, 1.165) is 17.9 Å². The first-order valence-corrected chi connectivity index (χ1v) is 15.2. The van der Waals surface area contributed by atoms with E-state index in [1.807, 2.05) is 20.8 Å². The van der Waals surface area contributed by atoms with Gasteiger partial charge in [0.15, 0.2) is 11.4 Å². The van der Waals surface area contributed by atoms with Crippen LogP contribution in [0.5, 0.6) is 5.75 Å². The van der Waals surface area contributed by atoms with Crippen molar-refractivity contribution in [3.63, 3.8) is 0 Å². The predicted octanol–water partition coefficient (Wildman–Crippen LogP) is 6.71. The van der Waals surface area contributed by atoms with Gasteiger partial charge in [0.2, 0.25) is 5.91 Å². The summed E-state index contributed by atoms with van der Waals surface area (Å²) in [6, 6.07) is 13.5. The van der Waals surface area contributed by atoms with E-state index in [9.17, 15) is 14.4 Å². The zero-order valence-corrected chi connectivity index (χ0v) is 26.3. The summed E-state index contributed by atoms with van der Waals surface area (Å²) in [5.41, 5.74) is 0.847. The van der Waals surface area contributed by atoms with Crippen molar-refractivity contribution >= 4 is 41.0 Å². The van der Waals surface area contributed by atoms with E-state index < -0.39 is 11.0 Å². The molecule has 8 heteroatoms. The third-order valence-electron chi connectivity index (χ3n) is 6.87. The van der Waals surface area contributed by atoms with Gasteiger partial charge in [-0.3, -0.25) is 14.4 Å². The number of hydrogen-bond donors (Lipinski definition) is 2. The van der Waals surface area contributed by atoms with E-state index in [4.69, 9.17) is 16.3 Å². The molecule has 0 aromatic heterocycles. The molecule has 2 aromatic carbocycles. The van der Waals surface area contributed by atoms with Crippen molar-refractivity contribution in [3.05, 3.63) is 76.3 Å². The van der Waals surface area contributed by atoms with Crippen LogP contribution >= 0.6 is 23.4 Å². The number of ether oxygens (including phenoxy) is 1. The molecule has 0 spiro atoms. The van der Waals surface area contributed by atoms with Gasteiger partial charge in [-0.2, -0.15) is 11.8 Å². The van der Waals surface area contributed by atoms with Crippen LogP contribution in [0.1, 0.15) is 70.8 Å². The zero-order chi connectivity index (χ0) is 29.9. The van der Waals surface area contributed by atoms with Gasteiger partial charge in [0.25, 0.3) is 5.91 Å². The third kappa shape index (κ3) is 10.3. The standard InChI is InChI=1S/C32H43ClN2O4S/c1-8-22(2)23(3)21-31(4,5)29(37)34-17-19-40-20-18-35-30(38)32(6,7)39-27-15-11-25(12-16-27)28(36)24-9-13-26(33)14-10-24/h8-16,23H,17-21H2,1-7H3,(H,34,37)(H,35,38)/b22-8+. The van der Waals surface area contributed by atoms with Crippen LogP contribution in [0.25, 0.3) is 0 Å². The molecule has 2 N–H and O–H groups in total. The van der Waals surface area contributed by atoms with E-state index in [1.165, 1.54) is 5.57 Å². The second-order valence-electron chi connectivity index (χ2n) is 11.1. The van der Waals surface area contributed by atoms with Gasteiger partial charge >= 0.3 is 0 Å². The fraction of sp³-hybridized carbons (Fsp3) is 0.469. The fourth-order valence-corrected chi connectivity index (χ4v) is 4.94. The van der Waals surface area contributed by atoms with Crippen molar-refractivity contribution in [1.82, 2.24) is 10.6 Å². The molecule has 40 heavy (non-hydrogen) atoms. The number of allylic oxidation sites excluding steroid dienone is 2. The van der Waals surface area contributed by atoms with E-state index in [1.54, 1.807) is 74.1 Å². The third-order valence-corrected chi connectivity index (χ3v) is 8.11. The minimum Gasteiger partial charge on any atom is -0.478 e. The average molecular weight is 587 g/mol. The van der Waals surface area contributed by atoms with Gasteiger partial charge in [0.05, 0.1) is 0 Å². The Kier molecular flexibility index (Phi) is 12.8. The Morgan fingerprint density at radius 1 is 0.900 bits per heavy atom. The maximum atomic E-state index is 12.7. The summed E-state index contributed by atoms with van der Waals surface area (Å²) in [7, 11) is 0. The first kappa shape index (κ1) is 33.4. The van der Waals surface area contributed by atoms with Crippen LogP contribution in [-0.2, 0) is 9.59 Å². The molecule has 0 radical (unpaired) electrons. The number of carbonyl (C=O) groups is 3. The Bertz CT molecular complexity index is 1170. The van der Waals surface area contributed by atoms with Crippen LogP contribution < -0.4 is 15.4 Å². The van der Waals surface area contributed by atoms with Crippen LogP contribution in [0, 0.1) is 11.3 Å². The molecule has 0 bridgehead atoms. The summed E-state index contributed by atoms with van der Waals surface area (Å²) in [5, 5.41) is 6.54. The quantitative estimate of drug-likeness (QED) is 0.138. The summed E-state index contributed by atoms with van der Waals surface area (Å²) in [6.45, 7) is 14.8. The summed E-state index contributed by atoms with van der Waals surface area (Å²) < 4.78 is 5.92. The van der Waals surface area contributed by atoms with Crippen molar-refractivity contribution in [2.45, 2.75) is 60.5 Å². The normalized spacial score (nSPS) is 12.9. The summed E-state index contributed by atoms with van der Waals surface area (Å²) in [6.07, 6.45) is 2.91. The van der Waals surface area contributed by atoms with Crippen molar-refractivity contribution < 1.29 is 19.1 Å². The Hall–Kier alpha value is -2.77. The molecule has 0 fully saturated rings. The van der Waals surface area contributed by atoms with Gasteiger partial charge in [-0.1, -0.05) is 44.0 Å². The lowest BCUT2D eigenvalue weighted by Crippen LogP contribution is -2.47. The Balaban J connectivity index is 1.71. The lowest BCUT2D eigenvalue weighted by Gasteiger charge is -2.27. The number of ketones is 1. The SMILES string of the molecule is C/C=C(\C)C(C)CC(C)(C)C(=O)NCCSCCNC(=O)C(C)(C)Oc1ccc(C(=O)c2ccc(Cl)cc2)cc1. The molecule has 0 saturated carbocycles. The molecule has 0 saturated heterocycles. The second kappa shape index (κ2) is 15.3. The number of rotatable bonds is 15. The highest BCUT2D eigenvalue weighted by Gasteiger charge is 2.30. The molecule has 2 rings (SSSR count). The fourth-order valence-electron chi connectivity index (χ4n) is 4.11. The topological polar surface area (TPSA) is 84.5 Å². The number of carbonyl (C=O) groups excluding carboxylic acids is 3. The smallest absolute Gasteiger partial charge is 0.263 e. The van der Waals surface area contributed by atoms with E-state index in [-0.39, 0.29) is 17.6 Å². The van der Waals surface area contributed by atoms with Crippen molar-refractivity contribution in [1.29, 1.82) is 0 Å². The monoisotopic (exact) mass is 586 g/mol. The van der Waals surface area contributed by atoms with E-state index in [2.05, 4.69) is 30.6 Å². The lowest BCUT2D eigenvalue weighted by molar-refractivity contribution is -0.134. The first-order chi connectivity index (χ1) is 18.8. The highest BCUT2D eigenvalue weighted by atomic mass is 35.5. The van der Waals surface area contributed by atoms with Crippen LogP contribution in [0.2, 0.25) is 5.02 Å². The minimum atomic E-state index is -1.09. The Labute approximate surface area is 248 Å². The molecule has 2 aromatic rings. The average Bonchev–Trinajstić information content (AvgIpc) is 2.91. The molecule has 0 heterocycles. The Morgan fingerprint density at radius 2 is 1.40 bits per heavy atom. The van der Waals surface area contributed by atoms with Gasteiger partial charge in [-0.15, -0.1) is 0 Å². The van der Waals surface area contributed by atoms with Gasteiger partial charge in [-0.25, -0.2) is 0 Å². The second-order valence-corrected chi connectivity index (χ2v) is 12.8. The largest absolute Gasteiger partial charge is 0.478 e. The van der Waals surface area contributed by atoms with Gasteiger partial charge < -0.3 is 15.4 Å². The molecule has 0 aliphatic heterocycles. The maximum Gasteiger partial charge on any atom is 0.263 e. The predicted molar refractivity (Wildman–Crippen MR) is 166 cm³/mol. The Morgan fingerprint density at radius 3 is 1.93 bits per heavy atom. The highest BCUT2D eigenvalue weighted by molar-refractivity contribution is 7.99. The minimum absolute atomic E-state index is 0.0680. The summed E-state index contributed by atoms with van der Waals surface area (Å²) in [4.78, 5) is 38.0.